The smallest absolute Gasteiger partial charge is 0.338 e. The number of ether oxygens (including phenoxy) is 1. The Morgan fingerprint density at radius 2 is 1.89 bits per heavy atom. The lowest BCUT2D eigenvalue weighted by Crippen LogP contribution is -2.40. The molecule has 142 valence electrons. The highest BCUT2D eigenvalue weighted by atomic mass is 16.5. The Morgan fingerprint density at radius 3 is 2.64 bits per heavy atom. The maximum absolute atomic E-state index is 12.4. The highest BCUT2D eigenvalue weighted by molar-refractivity contribution is 6.00. The number of hydrogen-bond acceptors (Lipinski definition) is 6. The van der Waals surface area contributed by atoms with Crippen LogP contribution in [0.3, 0.4) is 0 Å². The quantitative estimate of drug-likeness (QED) is 0.525. The predicted molar refractivity (Wildman–Crippen MR) is 101 cm³/mol. The summed E-state index contributed by atoms with van der Waals surface area (Å²) in [5.74, 6) is 0.0477. The summed E-state index contributed by atoms with van der Waals surface area (Å²) in [4.78, 5) is 24.1. The number of amides is 1. The Kier molecular flexibility index (Phi) is 4.58. The third-order valence-electron chi connectivity index (χ3n) is 4.48. The number of benzene rings is 2. The highest BCUT2D eigenvalue weighted by Crippen LogP contribution is 2.34. The summed E-state index contributed by atoms with van der Waals surface area (Å²) in [6, 6.07) is 17.2. The molecule has 0 saturated carbocycles. The molecule has 0 aliphatic carbocycles. The summed E-state index contributed by atoms with van der Waals surface area (Å²) in [6.07, 6.45) is -0.838. The van der Waals surface area contributed by atoms with E-state index in [1.165, 1.54) is 0 Å². The minimum Gasteiger partial charge on any atom is -0.462 e. The first-order valence-corrected chi connectivity index (χ1v) is 8.83. The molecule has 1 aliphatic rings. The minimum atomic E-state index is -0.838. The molecule has 28 heavy (non-hydrogen) atoms. The fourth-order valence-corrected chi connectivity index (χ4v) is 3.08. The van der Waals surface area contributed by atoms with Crippen LogP contribution in [-0.2, 0) is 4.74 Å². The molecule has 0 spiro atoms. The molecule has 3 aromatic rings. The Hall–Kier alpha value is -3.58. The Bertz CT molecular complexity index is 1030. The third-order valence-corrected chi connectivity index (χ3v) is 4.48. The van der Waals surface area contributed by atoms with Gasteiger partial charge in [-0.25, -0.2) is 4.79 Å². The van der Waals surface area contributed by atoms with Gasteiger partial charge in [0, 0.05) is 11.3 Å². The Balaban J connectivity index is 1.58. The molecular weight excluding hydrogens is 360 g/mol. The van der Waals surface area contributed by atoms with Crippen LogP contribution < -0.4 is 5.32 Å². The monoisotopic (exact) mass is 378 g/mol. The number of furan rings is 1. The lowest BCUT2D eigenvalue weighted by atomic mass is 10.1. The van der Waals surface area contributed by atoms with E-state index in [-0.39, 0.29) is 5.97 Å². The van der Waals surface area contributed by atoms with Gasteiger partial charge in [0.1, 0.15) is 11.5 Å². The van der Waals surface area contributed by atoms with Crippen LogP contribution in [0.2, 0.25) is 0 Å². The third kappa shape index (κ3) is 3.12. The van der Waals surface area contributed by atoms with Crippen molar-refractivity contribution in [2.24, 2.45) is 0 Å². The van der Waals surface area contributed by atoms with Crippen LogP contribution in [0.15, 0.2) is 65.1 Å². The number of esters is 1. The normalized spacial score (nSPS) is 15.7. The second kappa shape index (κ2) is 7.21. The van der Waals surface area contributed by atoms with Crippen LogP contribution in [0, 0.1) is 0 Å². The van der Waals surface area contributed by atoms with Crippen molar-refractivity contribution in [3.63, 3.8) is 0 Å². The topological polar surface area (TPSA) is 92.0 Å². The van der Waals surface area contributed by atoms with Crippen LogP contribution in [-0.4, -0.2) is 28.8 Å². The number of anilines is 1. The number of carbonyl (C=O) groups excluding carboxylic acids is 2. The van der Waals surface area contributed by atoms with Gasteiger partial charge in [0.2, 0.25) is 0 Å². The van der Waals surface area contributed by atoms with Crippen molar-refractivity contribution in [2.45, 2.75) is 13.1 Å². The van der Waals surface area contributed by atoms with E-state index in [2.05, 4.69) is 5.32 Å². The Morgan fingerprint density at radius 1 is 1.14 bits per heavy atom. The number of para-hydroxylation sites is 1. The lowest BCUT2D eigenvalue weighted by Gasteiger charge is -2.31. The first-order valence-electron chi connectivity index (χ1n) is 8.83. The van der Waals surface area contributed by atoms with E-state index < -0.39 is 12.1 Å². The second-order valence-corrected chi connectivity index (χ2v) is 6.24. The van der Waals surface area contributed by atoms with Crippen molar-refractivity contribution in [3.8, 4) is 11.3 Å². The van der Waals surface area contributed by atoms with Gasteiger partial charge in [0.25, 0.3) is 5.91 Å². The van der Waals surface area contributed by atoms with Crippen LogP contribution in [0.5, 0.6) is 0 Å². The molecule has 1 aromatic heterocycles. The summed E-state index contributed by atoms with van der Waals surface area (Å²) in [6.45, 7) is 2.07. The van der Waals surface area contributed by atoms with Crippen molar-refractivity contribution >= 4 is 17.6 Å². The van der Waals surface area contributed by atoms with Gasteiger partial charge in [-0.15, -0.1) is 0 Å². The number of nitrogens with one attached hydrogen (secondary N) is 1. The molecular formula is C21H18N2O5. The standard InChI is InChI=1S/C21H18N2O5/c1-2-27-21(25)14-9-7-13(8-10-14)17-11-12-18(28-17)19-22-16-6-4-3-5-15(16)20(24)23(19)26/h3-12,19,22,26H,2H2,1H3/t19-/m1/s1. The zero-order valence-corrected chi connectivity index (χ0v) is 15.1. The molecule has 0 unspecified atom stereocenters. The van der Waals surface area contributed by atoms with Gasteiger partial charge in [-0.2, -0.15) is 5.06 Å². The van der Waals surface area contributed by atoms with E-state index in [0.717, 1.165) is 5.56 Å². The highest BCUT2D eigenvalue weighted by Gasteiger charge is 2.34. The second-order valence-electron chi connectivity index (χ2n) is 6.24. The maximum Gasteiger partial charge on any atom is 0.338 e. The van der Waals surface area contributed by atoms with E-state index in [4.69, 9.17) is 9.15 Å². The average Bonchev–Trinajstić information content (AvgIpc) is 3.21. The van der Waals surface area contributed by atoms with Gasteiger partial charge in [-0.3, -0.25) is 10.0 Å². The first kappa shape index (κ1) is 17.8. The molecule has 0 radical (unpaired) electrons. The molecule has 7 nitrogen and oxygen atoms in total. The molecule has 0 saturated heterocycles. The number of rotatable bonds is 4. The van der Waals surface area contributed by atoms with Gasteiger partial charge < -0.3 is 14.5 Å². The summed E-state index contributed by atoms with van der Waals surface area (Å²) >= 11 is 0. The van der Waals surface area contributed by atoms with Crippen LogP contribution in [0.4, 0.5) is 5.69 Å². The number of nitrogens with zero attached hydrogens (tertiary/aromatic N) is 1. The predicted octanol–water partition coefficient (Wildman–Crippen LogP) is 4.08. The zero-order chi connectivity index (χ0) is 19.7. The van der Waals surface area contributed by atoms with E-state index in [1.54, 1.807) is 61.5 Å². The SMILES string of the molecule is CCOC(=O)c1ccc(-c2ccc([C@@H]3Nc4ccccc4C(=O)N3O)o2)cc1. The summed E-state index contributed by atoms with van der Waals surface area (Å²) in [5.41, 5.74) is 2.23. The summed E-state index contributed by atoms with van der Waals surface area (Å²) < 4.78 is 10.8. The molecule has 1 amide bonds. The van der Waals surface area contributed by atoms with E-state index in [0.29, 0.717) is 40.0 Å². The van der Waals surface area contributed by atoms with Crippen molar-refractivity contribution in [1.29, 1.82) is 0 Å². The summed E-state index contributed by atoms with van der Waals surface area (Å²) in [5, 5.41) is 14.0. The molecule has 1 aliphatic heterocycles. The molecule has 2 aromatic carbocycles. The molecule has 1 atom stereocenters. The first-order chi connectivity index (χ1) is 13.6. The maximum atomic E-state index is 12.4. The number of hydroxylamine groups is 2. The molecule has 2 N–H and O–H groups in total. The minimum absolute atomic E-state index is 0.316. The fourth-order valence-electron chi connectivity index (χ4n) is 3.08. The van der Waals surface area contributed by atoms with Gasteiger partial charge in [-0.05, 0) is 43.3 Å². The molecule has 7 heteroatoms. The number of fused-ring (bicyclic) bond motifs is 1. The molecule has 2 heterocycles. The number of hydrogen-bond donors (Lipinski definition) is 2. The van der Waals surface area contributed by atoms with E-state index in [1.807, 2.05) is 6.07 Å². The van der Waals surface area contributed by atoms with Crippen LogP contribution in [0.25, 0.3) is 11.3 Å². The largest absolute Gasteiger partial charge is 0.462 e. The Labute approximate surface area is 161 Å². The molecule has 4 rings (SSSR count). The van der Waals surface area contributed by atoms with Gasteiger partial charge >= 0.3 is 5.97 Å². The molecule has 0 fully saturated rings. The number of carbonyl (C=O) groups is 2. The van der Waals surface area contributed by atoms with Crippen molar-refractivity contribution in [3.05, 3.63) is 77.6 Å². The lowest BCUT2D eigenvalue weighted by molar-refractivity contribution is -0.0893. The van der Waals surface area contributed by atoms with Crippen LogP contribution >= 0.6 is 0 Å². The van der Waals surface area contributed by atoms with Crippen molar-refractivity contribution in [1.82, 2.24) is 5.06 Å². The van der Waals surface area contributed by atoms with Crippen molar-refractivity contribution in [2.75, 3.05) is 11.9 Å². The van der Waals surface area contributed by atoms with Gasteiger partial charge in [0.15, 0.2) is 6.17 Å². The molecule has 0 bridgehead atoms. The van der Waals surface area contributed by atoms with Gasteiger partial charge in [0.05, 0.1) is 17.7 Å². The van der Waals surface area contributed by atoms with E-state index >= 15 is 0 Å². The fraction of sp³-hybridized carbons (Fsp3) is 0.143. The zero-order valence-electron chi connectivity index (χ0n) is 15.1. The average molecular weight is 378 g/mol. The van der Waals surface area contributed by atoms with E-state index in [9.17, 15) is 14.8 Å². The van der Waals surface area contributed by atoms with Crippen LogP contribution in [0.1, 0.15) is 39.6 Å². The van der Waals surface area contributed by atoms with Crippen molar-refractivity contribution < 1.29 is 24.0 Å². The summed E-state index contributed by atoms with van der Waals surface area (Å²) in [7, 11) is 0. The van der Waals surface area contributed by atoms with Gasteiger partial charge in [-0.1, -0.05) is 24.3 Å².